The van der Waals surface area contributed by atoms with Crippen LogP contribution in [0.3, 0.4) is 0 Å². The van der Waals surface area contributed by atoms with Gasteiger partial charge >= 0.3 is 0 Å². The average Bonchev–Trinajstić information content (AvgIpc) is 3.18. The summed E-state index contributed by atoms with van der Waals surface area (Å²) in [6.07, 6.45) is 5.72. The number of para-hydroxylation sites is 1. The highest BCUT2D eigenvalue weighted by Gasteiger charge is 2.09. The molecule has 0 spiro atoms. The molecule has 1 amide bonds. The Morgan fingerprint density at radius 3 is 2.62 bits per heavy atom. The first kappa shape index (κ1) is 18.6. The number of carbonyl (C=O) groups is 1. The van der Waals surface area contributed by atoms with E-state index in [1.807, 2.05) is 30.5 Å². The lowest BCUT2D eigenvalue weighted by atomic mass is 10.2. The fraction of sp³-hybridized carbons (Fsp3) is 0.182. The summed E-state index contributed by atoms with van der Waals surface area (Å²) < 4.78 is 3.40. The first-order chi connectivity index (χ1) is 14.2. The number of carbonyl (C=O) groups excluding carboxylic acids is 1. The molecule has 2 aromatic carbocycles. The molecule has 2 aromatic heterocycles. The van der Waals surface area contributed by atoms with E-state index in [1.165, 1.54) is 16.5 Å². The van der Waals surface area contributed by atoms with Gasteiger partial charge in [0.25, 0.3) is 5.56 Å². The van der Waals surface area contributed by atoms with Crippen molar-refractivity contribution >= 4 is 16.8 Å². The number of fused-ring (bicyclic) bond motifs is 1. The second-order valence-corrected chi connectivity index (χ2v) is 6.75. The molecule has 146 valence electrons. The molecule has 1 N–H and O–H groups in total. The molecule has 4 aromatic rings. The third-order valence-electron chi connectivity index (χ3n) is 4.71. The Morgan fingerprint density at radius 1 is 0.966 bits per heavy atom. The van der Waals surface area contributed by atoms with Gasteiger partial charge in [0.15, 0.2) is 0 Å². The molecule has 4 rings (SSSR count). The van der Waals surface area contributed by atoms with E-state index >= 15 is 0 Å². The molecule has 0 atom stereocenters. The van der Waals surface area contributed by atoms with Crippen LogP contribution in [0, 0.1) is 0 Å². The minimum absolute atomic E-state index is 0.0604. The molecule has 0 aliphatic carbocycles. The van der Waals surface area contributed by atoms with Crippen LogP contribution < -0.4 is 10.9 Å². The predicted molar refractivity (Wildman–Crippen MR) is 110 cm³/mol. The topological polar surface area (TPSA) is 81.8 Å². The monoisotopic (exact) mass is 387 g/mol. The van der Waals surface area contributed by atoms with Gasteiger partial charge in [-0.3, -0.25) is 14.2 Å². The number of amides is 1. The largest absolute Gasteiger partial charge is 0.354 e. The molecule has 29 heavy (non-hydrogen) atoms. The molecular weight excluding hydrogens is 366 g/mol. The molecule has 0 aliphatic rings. The Labute approximate surface area is 167 Å². The Morgan fingerprint density at radius 2 is 1.76 bits per heavy atom. The maximum Gasteiger partial charge on any atom is 0.261 e. The van der Waals surface area contributed by atoms with E-state index in [2.05, 4.69) is 32.0 Å². The standard InChI is InChI=1S/C22H21N5O2/c28-21(15-27-16-25-19-9-5-4-8-18(19)22(27)29)24-11-10-20-23-12-13-26(20)14-17-6-2-1-3-7-17/h1-9,12-13,16H,10-11,14-15H2,(H,24,28). The molecule has 0 fully saturated rings. The van der Waals surface area contributed by atoms with Crippen molar-refractivity contribution in [3.8, 4) is 0 Å². The van der Waals surface area contributed by atoms with Crippen LogP contribution in [0.5, 0.6) is 0 Å². The first-order valence-corrected chi connectivity index (χ1v) is 9.45. The molecule has 7 heteroatoms. The summed E-state index contributed by atoms with van der Waals surface area (Å²) in [4.78, 5) is 33.4. The van der Waals surface area contributed by atoms with Gasteiger partial charge in [-0.2, -0.15) is 0 Å². The van der Waals surface area contributed by atoms with Crippen molar-refractivity contribution in [2.45, 2.75) is 19.5 Å². The lowest BCUT2D eigenvalue weighted by Gasteiger charge is -2.10. The van der Waals surface area contributed by atoms with Gasteiger partial charge in [0.05, 0.1) is 17.2 Å². The summed E-state index contributed by atoms with van der Waals surface area (Å²) in [7, 11) is 0. The number of nitrogens with zero attached hydrogens (tertiary/aromatic N) is 4. The number of hydrogen-bond donors (Lipinski definition) is 1. The smallest absolute Gasteiger partial charge is 0.261 e. The van der Waals surface area contributed by atoms with Gasteiger partial charge < -0.3 is 9.88 Å². The second-order valence-electron chi connectivity index (χ2n) is 6.75. The van der Waals surface area contributed by atoms with Gasteiger partial charge in [-0.1, -0.05) is 42.5 Å². The quantitative estimate of drug-likeness (QED) is 0.526. The summed E-state index contributed by atoms with van der Waals surface area (Å²) in [6.45, 7) is 1.12. The van der Waals surface area contributed by atoms with Crippen molar-refractivity contribution < 1.29 is 4.79 Å². The summed E-state index contributed by atoms with van der Waals surface area (Å²) in [5, 5.41) is 3.36. The van der Waals surface area contributed by atoms with Gasteiger partial charge in [-0.25, -0.2) is 9.97 Å². The maximum atomic E-state index is 12.5. The molecule has 0 saturated heterocycles. The molecule has 0 bridgehead atoms. The van der Waals surface area contributed by atoms with E-state index in [1.54, 1.807) is 24.4 Å². The number of hydrogen-bond acceptors (Lipinski definition) is 4. The van der Waals surface area contributed by atoms with Crippen molar-refractivity contribution in [2.24, 2.45) is 0 Å². The zero-order valence-electron chi connectivity index (χ0n) is 15.9. The number of benzene rings is 2. The van der Waals surface area contributed by atoms with Crippen molar-refractivity contribution in [1.29, 1.82) is 0 Å². The van der Waals surface area contributed by atoms with Crippen LogP contribution >= 0.6 is 0 Å². The summed E-state index contributed by atoms with van der Waals surface area (Å²) in [5.74, 6) is 0.670. The van der Waals surface area contributed by atoms with Crippen LogP contribution in [0.25, 0.3) is 10.9 Å². The molecule has 0 saturated carbocycles. The van der Waals surface area contributed by atoms with E-state index in [0.717, 1.165) is 12.4 Å². The van der Waals surface area contributed by atoms with Crippen LogP contribution in [0.2, 0.25) is 0 Å². The van der Waals surface area contributed by atoms with E-state index in [0.29, 0.717) is 23.9 Å². The lowest BCUT2D eigenvalue weighted by molar-refractivity contribution is -0.121. The molecular formula is C22H21N5O2. The number of imidazole rings is 1. The lowest BCUT2D eigenvalue weighted by Crippen LogP contribution is -2.33. The third kappa shape index (κ3) is 4.40. The third-order valence-corrected chi connectivity index (χ3v) is 4.71. The van der Waals surface area contributed by atoms with Gasteiger partial charge in [0.2, 0.25) is 5.91 Å². The van der Waals surface area contributed by atoms with Crippen LogP contribution in [-0.4, -0.2) is 31.6 Å². The van der Waals surface area contributed by atoms with Gasteiger partial charge in [0.1, 0.15) is 12.4 Å². The van der Waals surface area contributed by atoms with E-state index in [9.17, 15) is 9.59 Å². The van der Waals surface area contributed by atoms with Crippen LogP contribution in [-0.2, 0) is 24.3 Å². The minimum Gasteiger partial charge on any atom is -0.354 e. The first-order valence-electron chi connectivity index (χ1n) is 9.45. The van der Waals surface area contributed by atoms with Crippen LogP contribution in [0.4, 0.5) is 0 Å². The molecule has 0 aliphatic heterocycles. The van der Waals surface area contributed by atoms with Gasteiger partial charge in [0, 0.05) is 31.9 Å². The predicted octanol–water partition coefficient (Wildman–Crippen LogP) is 2.00. The number of aromatic nitrogens is 4. The van der Waals surface area contributed by atoms with Crippen molar-refractivity contribution in [2.75, 3.05) is 6.54 Å². The van der Waals surface area contributed by atoms with E-state index in [-0.39, 0.29) is 18.0 Å². The normalized spacial score (nSPS) is 10.9. The van der Waals surface area contributed by atoms with E-state index < -0.39 is 0 Å². The summed E-state index contributed by atoms with van der Waals surface area (Å²) in [6, 6.07) is 17.3. The highest BCUT2D eigenvalue weighted by atomic mass is 16.2. The SMILES string of the molecule is O=C(Cn1cnc2ccccc2c1=O)NCCc1nccn1Cc1ccccc1. The fourth-order valence-corrected chi connectivity index (χ4v) is 3.24. The number of rotatable bonds is 7. The minimum atomic E-state index is -0.231. The highest BCUT2D eigenvalue weighted by molar-refractivity contribution is 5.78. The van der Waals surface area contributed by atoms with Gasteiger partial charge in [-0.05, 0) is 17.7 Å². The van der Waals surface area contributed by atoms with Crippen LogP contribution in [0.15, 0.2) is 78.1 Å². The Hall–Kier alpha value is -3.74. The molecule has 7 nitrogen and oxygen atoms in total. The Bertz CT molecular complexity index is 1180. The molecule has 0 unspecified atom stereocenters. The van der Waals surface area contributed by atoms with E-state index in [4.69, 9.17) is 0 Å². The zero-order valence-corrected chi connectivity index (χ0v) is 15.9. The van der Waals surface area contributed by atoms with Gasteiger partial charge in [-0.15, -0.1) is 0 Å². The van der Waals surface area contributed by atoms with Crippen molar-refractivity contribution in [3.63, 3.8) is 0 Å². The maximum absolute atomic E-state index is 12.5. The second kappa shape index (κ2) is 8.52. The Balaban J connectivity index is 1.34. The zero-order chi connectivity index (χ0) is 20.1. The Kier molecular flexibility index (Phi) is 5.47. The summed E-state index contributed by atoms with van der Waals surface area (Å²) >= 11 is 0. The highest BCUT2D eigenvalue weighted by Crippen LogP contribution is 2.06. The average molecular weight is 387 g/mol. The fourth-order valence-electron chi connectivity index (χ4n) is 3.24. The number of nitrogens with one attached hydrogen (secondary N) is 1. The summed E-state index contributed by atoms with van der Waals surface area (Å²) in [5.41, 5.74) is 1.60. The van der Waals surface area contributed by atoms with Crippen LogP contribution in [0.1, 0.15) is 11.4 Å². The van der Waals surface area contributed by atoms with Crippen molar-refractivity contribution in [1.82, 2.24) is 24.4 Å². The van der Waals surface area contributed by atoms with Crippen molar-refractivity contribution in [3.05, 3.63) is 95.1 Å². The molecule has 0 radical (unpaired) electrons. The molecule has 2 heterocycles.